The van der Waals surface area contributed by atoms with Crippen LogP contribution in [0, 0.1) is 5.82 Å². The van der Waals surface area contributed by atoms with Gasteiger partial charge < -0.3 is 10.0 Å². The summed E-state index contributed by atoms with van der Waals surface area (Å²) in [7, 11) is -1.76. The van der Waals surface area contributed by atoms with Gasteiger partial charge in [-0.3, -0.25) is 0 Å². The molecule has 13 heavy (non-hydrogen) atoms. The van der Waals surface area contributed by atoms with Gasteiger partial charge in [0, 0.05) is 9.94 Å². The van der Waals surface area contributed by atoms with Crippen LogP contribution in [0.25, 0.3) is 0 Å². The third kappa shape index (κ3) is 2.30. The van der Waals surface area contributed by atoms with Crippen molar-refractivity contribution in [3.63, 3.8) is 0 Å². The molecule has 0 aliphatic heterocycles. The molecule has 0 amide bonds. The van der Waals surface area contributed by atoms with Gasteiger partial charge >= 0.3 is 7.12 Å². The first-order valence-corrected chi connectivity index (χ1v) is 4.69. The molecule has 2 nitrogen and oxygen atoms in total. The fourth-order valence-corrected chi connectivity index (χ4v) is 1.64. The second-order valence-corrected chi connectivity index (χ2v) is 3.61. The lowest BCUT2D eigenvalue weighted by Gasteiger charge is -2.06. The summed E-state index contributed by atoms with van der Waals surface area (Å²) >= 11 is 3.17. The monoisotopic (exact) mass is 246 g/mol. The number of aryl methyl sites for hydroxylation is 1. The van der Waals surface area contributed by atoms with Crippen molar-refractivity contribution in [2.45, 2.75) is 13.3 Å². The maximum atomic E-state index is 13.4. The van der Waals surface area contributed by atoms with E-state index in [9.17, 15) is 4.39 Å². The minimum absolute atomic E-state index is 0.0915. The van der Waals surface area contributed by atoms with Crippen LogP contribution >= 0.6 is 15.9 Å². The highest BCUT2D eigenvalue weighted by molar-refractivity contribution is 9.10. The SMILES string of the molecule is CCc1cc(Br)cc(B(O)O)c1F. The standard InChI is InChI=1S/C8H9BBrFO2/c1-2-5-3-6(10)4-7(8(5)11)9(12)13/h3-4,12-13H,2H2,1H3. The van der Waals surface area contributed by atoms with E-state index >= 15 is 0 Å². The number of halogens is 2. The topological polar surface area (TPSA) is 40.5 Å². The van der Waals surface area contributed by atoms with Gasteiger partial charge in [0.2, 0.25) is 0 Å². The summed E-state index contributed by atoms with van der Waals surface area (Å²) in [5.41, 5.74) is 0.378. The summed E-state index contributed by atoms with van der Waals surface area (Å²) in [6.07, 6.45) is 0.519. The Hall–Kier alpha value is -0.385. The minimum atomic E-state index is -1.76. The van der Waals surface area contributed by atoms with Crippen LogP contribution in [0.15, 0.2) is 16.6 Å². The third-order valence-electron chi connectivity index (χ3n) is 1.80. The fraction of sp³-hybridized carbons (Fsp3) is 0.250. The molecule has 1 aromatic rings. The quantitative estimate of drug-likeness (QED) is 0.760. The van der Waals surface area contributed by atoms with Crippen LogP contribution in [-0.2, 0) is 6.42 Å². The van der Waals surface area contributed by atoms with E-state index < -0.39 is 12.9 Å². The Kier molecular flexibility index (Phi) is 3.47. The molecule has 0 heterocycles. The second kappa shape index (κ2) is 4.22. The van der Waals surface area contributed by atoms with E-state index in [4.69, 9.17) is 10.0 Å². The van der Waals surface area contributed by atoms with Crippen molar-refractivity contribution in [3.8, 4) is 0 Å². The van der Waals surface area contributed by atoms with Gasteiger partial charge in [0.25, 0.3) is 0 Å². The number of hydrogen-bond acceptors (Lipinski definition) is 2. The lowest BCUT2D eigenvalue weighted by molar-refractivity contribution is 0.422. The van der Waals surface area contributed by atoms with Gasteiger partial charge in [-0.15, -0.1) is 0 Å². The van der Waals surface area contributed by atoms with Crippen LogP contribution in [0.2, 0.25) is 0 Å². The molecule has 1 rings (SSSR count). The average Bonchev–Trinajstić information content (AvgIpc) is 2.08. The zero-order valence-corrected chi connectivity index (χ0v) is 8.68. The van der Waals surface area contributed by atoms with Gasteiger partial charge in [-0.2, -0.15) is 0 Å². The first-order valence-electron chi connectivity index (χ1n) is 3.90. The van der Waals surface area contributed by atoms with Gasteiger partial charge in [0.15, 0.2) is 0 Å². The van der Waals surface area contributed by atoms with E-state index in [1.807, 2.05) is 0 Å². The highest BCUT2D eigenvalue weighted by Gasteiger charge is 2.19. The largest absolute Gasteiger partial charge is 0.491 e. The van der Waals surface area contributed by atoms with Crippen LogP contribution in [0.1, 0.15) is 12.5 Å². The molecule has 1 aromatic carbocycles. The normalized spacial score (nSPS) is 10.2. The number of benzene rings is 1. The Morgan fingerprint density at radius 3 is 2.54 bits per heavy atom. The molecule has 0 fully saturated rings. The molecule has 0 saturated heterocycles. The molecule has 0 spiro atoms. The third-order valence-corrected chi connectivity index (χ3v) is 2.26. The van der Waals surface area contributed by atoms with E-state index in [1.54, 1.807) is 13.0 Å². The lowest BCUT2D eigenvalue weighted by Crippen LogP contribution is -2.33. The van der Waals surface area contributed by atoms with Crippen molar-refractivity contribution < 1.29 is 14.4 Å². The summed E-state index contributed by atoms with van der Waals surface area (Å²) in [6.45, 7) is 1.80. The molecule has 0 saturated carbocycles. The zero-order valence-electron chi connectivity index (χ0n) is 7.09. The van der Waals surface area contributed by atoms with Crippen LogP contribution in [0.3, 0.4) is 0 Å². The molecule has 0 bridgehead atoms. The van der Waals surface area contributed by atoms with Crippen LogP contribution in [-0.4, -0.2) is 17.2 Å². The molecule has 0 atom stereocenters. The van der Waals surface area contributed by atoms with Crippen LogP contribution < -0.4 is 5.46 Å². The van der Waals surface area contributed by atoms with Gasteiger partial charge in [0.05, 0.1) is 0 Å². The summed E-state index contributed by atoms with van der Waals surface area (Å²) in [5, 5.41) is 17.7. The van der Waals surface area contributed by atoms with Crippen LogP contribution in [0.5, 0.6) is 0 Å². The predicted molar refractivity (Wildman–Crippen MR) is 53.3 cm³/mol. The Labute approximate surface area is 84.7 Å². The van der Waals surface area contributed by atoms with Gasteiger partial charge in [-0.25, -0.2) is 4.39 Å². The van der Waals surface area contributed by atoms with Crippen molar-refractivity contribution in [1.29, 1.82) is 0 Å². The minimum Gasteiger partial charge on any atom is -0.423 e. The van der Waals surface area contributed by atoms with Crippen molar-refractivity contribution in [3.05, 3.63) is 28.0 Å². The average molecular weight is 247 g/mol. The van der Waals surface area contributed by atoms with E-state index in [-0.39, 0.29) is 5.46 Å². The number of hydrogen-bond donors (Lipinski definition) is 2. The molecule has 5 heteroatoms. The smallest absolute Gasteiger partial charge is 0.423 e. The van der Waals surface area contributed by atoms with E-state index in [0.29, 0.717) is 16.5 Å². The maximum absolute atomic E-state index is 13.4. The molecule has 0 aliphatic carbocycles. The van der Waals surface area contributed by atoms with Crippen molar-refractivity contribution in [2.24, 2.45) is 0 Å². The Morgan fingerprint density at radius 1 is 1.46 bits per heavy atom. The molecule has 70 valence electrons. The molecule has 0 radical (unpaired) electrons. The molecule has 0 aromatic heterocycles. The molecule has 2 N–H and O–H groups in total. The van der Waals surface area contributed by atoms with Gasteiger partial charge in [0.1, 0.15) is 5.82 Å². The summed E-state index contributed by atoms with van der Waals surface area (Å²) in [6, 6.07) is 2.99. The Balaban J connectivity index is 3.27. The Morgan fingerprint density at radius 2 is 2.08 bits per heavy atom. The molecule has 0 unspecified atom stereocenters. The summed E-state index contributed by atoms with van der Waals surface area (Å²) in [4.78, 5) is 0. The fourth-order valence-electron chi connectivity index (χ4n) is 1.11. The zero-order chi connectivity index (χ0) is 10.0. The second-order valence-electron chi connectivity index (χ2n) is 2.70. The Bertz CT molecular complexity index is 317. The first kappa shape index (κ1) is 10.7. The maximum Gasteiger partial charge on any atom is 0.491 e. The van der Waals surface area contributed by atoms with E-state index in [2.05, 4.69) is 15.9 Å². The number of rotatable bonds is 2. The summed E-state index contributed by atoms with van der Waals surface area (Å²) < 4.78 is 14.0. The predicted octanol–water partition coefficient (Wildman–Crippen LogP) is 0.830. The molecular weight excluding hydrogens is 238 g/mol. The van der Waals surface area contributed by atoms with Gasteiger partial charge in [-0.05, 0) is 24.1 Å². The van der Waals surface area contributed by atoms with Gasteiger partial charge in [-0.1, -0.05) is 22.9 Å². The first-order chi connectivity index (χ1) is 6.06. The van der Waals surface area contributed by atoms with Crippen molar-refractivity contribution in [2.75, 3.05) is 0 Å². The lowest BCUT2D eigenvalue weighted by atomic mass is 9.79. The van der Waals surface area contributed by atoms with E-state index in [1.165, 1.54) is 6.07 Å². The molecule has 0 aliphatic rings. The van der Waals surface area contributed by atoms with E-state index in [0.717, 1.165) is 0 Å². The highest BCUT2D eigenvalue weighted by atomic mass is 79.9. The summed E-state index contributed by atoms with van der Waals surface area (Å²) in [5.74, 6) is -0.541. The highest BCUT2D eigenvalue weighted by Crippen LogP contribution is 2.14. The molecular formula is C8H9BBrFO2. The van der Waals surface area contributed by atoms with Crippen molar-refractivity contribution >= 4 is 28.5 Å². The van der Waals surface area contributed by atoms with Crippen molar-refractivity contribution in [1.82, 2.24) is 0 Å². The van der Waals surface area contributed by atoms with Crippen LogP contribution in [0.4, 0.5) is 4.39 Å².